The standard InChI is InChI=1S/C17H36/c1-7-15(5)10-12-17(11-9-14(3)4)13-16(6)8-2/h14-17H,7-13H2,1-6H3. The van der Waals surface area contributed by atoms with Gasteiger partial charge in [-0.3, -0.25) is 0 Å². The Labute approximate surface area is 111 Å². The van der Waals surface area contributed by atoms with E-state index in [0.717, 1.165) is 23.7 Å². The molecule has 0 spiro atoms. The third-order valence-corrected chi connectivity index (χ3v) is 4.35. The van der Waals surface area contributed by atoms with Crippen molar-refractivity contribution in [2.75, 3.05) is 0 Å². The lowest BCUT2D eigenvalue weighted by atomic mass is 9.84. The van der Waals surface area contributed by atoms with Crippen LogP contribution in [-0.4, -0.2) is 0 Å². The molecule has 0 aromatic heterocycles. The second kappa shape index (κ2) is 9.97. The third kappa shape index (κ3) is 9.68. The molecule has 0 heteroatoms. The molecule has 0 amide bonds. The van der Waals surface area contributed by atoms with Gasteiger partial charge in [-0.15, -0.1) is 0 Å². The molecular weight excluding hydrogens is 204 g/mol. The summed E-state index contributed by atoms with van der Waals surface area (Å²) in [5.74, 6) is 3.71. The first-order valence-corrected chi connectivity index (χ1v) is 7.99. The minimum absolute atomic E-state index is 0.873. The van der Waals surface area contributed by atoms with Crippen LogP contribution in [0.5, 0.6) is 0 Å². The molecular formula is C17H36. The summed E-state index contributed by atoms with van der Waals surface area (Å²) in [5.41, 5.74) is 0. The monoisotopic (exact) mass is 240 g/mol. The van der Waals surface area contributed by atoms with Gasteiger partial charge in [0.1, 0.15) is 0 Å². The smallest absolute Gasteiger partial charge is 0.0412 e. The highest BCUT2D eigenvalue weighted by Crippen LogP contribution is 2.27. The average molecular weight is 240 g/mol. The van der Waals surface area contributed by atoms with Crippen molar-refractivity contribution in [3.63, 3.8) is 0 Å². The zero-order valence-electron chi connectivity index (χ0n) is 13.3. The molecule has 0 aliphatic heterocycles. The van der Waals surface area contributed by atoms with Gasteiger partial charge < -0.3 is 0 Å². The van der Waals surface area contributed by atoms with E-state index in [1.54, 1.807) is 0 Å². The summed E-state index contributed by atoms with van der Waals surface area (Å²) in [6, 6.07) is 0. The van der Waals surface area contributed by atoms with Crippen molar-refractivity contribution in [3.05, 3.63) is 0 Å². The Morgan fingerprint density at radius 3 is 1.65 bits per heavy atom. The summed E-state index contributed by atoms with van der Waals surface area (Å²) in [4.78, 5) is 0. The molecule has 0 aliphatic carbocycles. The Morgan fingerprint density at radius 1 is 0.647 bits per heavy atom. The van der Waals surface area contributed by atoms with Crippen LogP contribution in [0.15, 0.2) is 0 Å². The average Bonchev–Trinajstić information content (AvgIpc) is 2.31. The van der Waals surface area contributed by atoms with Crippen LogP contribution in [-0.2, 0) is 0 Å². The summed E-state index contributed by atoms with van der Waals surface area (Å²) in [6.45, 7) is 14.2. The van der Waals surface area contributed by atoms with E-state index < -0.39 is 0 Å². The topological polar surface area (TPSA) is 0 Å². The molecule has 3 atom stereocenters. The van der Waals surface area contributed by atoms with Crippen molar-refractivity contribution in [3.8, 4) is 0 Å². The van der Waals surface area contributed by atoms with Gasteiger partial charge in [0, 0.05) is 0 Å². The first kappa shape index (κ1) is 17.0. The van der Waals surface area contributed by atoms with Gasteiger partial charge >= 0.3 is 0 Å². The van der Waals surface area contributed by atoms with E-state index >= 15 is 0 Å². The highest BCUT2D eigenvalue weighted by Gasteiger charge is 2.14. The van der Waals surface area contributed by atoms with E-state index in [1.807, 2.05) is 0 Å². The van der Waals surface area contributed by atoms with Gasteiger partial charge in [-0.05, 0) is 30.1 Å². The van der Waals surface area contributed by atoms with E-state index in [0.29, 0.717) is 0 Å². The largest absolute Gasteiger partial charge is 0.0651 e. The lowest BCUT2D eigenvalue weighted by molar-refractivity contribution is 0.299. The van der Waals surface area contributed by atoms with Crippen molar-refractivity contribution >= 4 is 0 Å². The Kier molecular flexibility index (Phi) is 9.97. The van der Waals surface area contributed by atoms with Gasteiger partial charge in [0.25, 0.3) is 0 Å². The van der Waals surface area contributed by atoms with Crippen LogP contribution in [0.3, 0.4) is 0 Å². The van der Waals surface area contributed by atoms with Crippen molar-refractivity contribution in [1.82, 2.24) is 0 Å². The molecule has 3 unspecified atom stereocenters. The fourth-order valence-corrected chi connectivity index (χ4v) is 2.41. The Balaban J connectivity index is 4.00. The van der Waals surface area contributed by atoms with Gasteiger partial charge in [0.05, 0.1) is 0 Å². The van der Waals surface area contributed by atoms with E-state index in [2.05, 4.69) is 41.5 Å². The van der Waals surface area contributed by atoms with Crippen LogP contribution in [0.2, 0.25) is 0 Å². The summed E-state index contributed by atoms with van der Waals surface area (Å²) in [6.07, 6.45) is 9.93. The summed E-state index contributed by atoms with van der Waals surface area (Å²) >= 11 is 0. The van der Waals surface area contributed by atoms with Gasteiger partial charge in [0.15, 0.2) is 0 Å². The predicted octanol–water partition coefficient (Wildman–Crippen LogP) is 6.30. The van der Waals surface area contributed by atoms with Crippen LogP contribution in [0.25, 0.3) is 0 Å². The van der Waals surface area contributed by atoms with Crippen LogP contribution in [0.1, 0.15) is 86.5 Å². The second-order valence-corrected chi connectivity index (χ2v) is 6.68. The molecule has 0 aliphatic rings. The SMILES string of the molecule is CCC(C)CCC(CCC(C)C)CC(C)CC. The van der Waals surface area contributed by atoms with E-state index in [4.69, 9.17) is 0 Å². The van der Waals surface area contributed by atoms with Crippen LogP contribution >= 0.6 is 0 Å². The molecule has 0 bridgehead atoms. The molecule has 0 heterocycles. The maximum Gasteiger partial charge on any atom is -0.0412 e. The zero-order chi connectivity index (χ0) is 13.3. The molecule has 0 N–H and O–H groups in total. The van der Waals surface area contributed by atoms with Gasteiger partial charge in [-0.1, -0.05) is 80.1 Å². The highest BCUT2D eigenvalue weighted by atomic mass is 14.2. The van der Waals surface area contributed by atoms with Crippen LogP contribution in [0.4, 0.5) is 0 Å². The van der Waals surface area contributed by atoms with Gasteiger partial charge in [-0.2, -0.15) is 0 Å². The summed E-state index contributed by atoms with van der Waals surface area (Å²) in [7, 11) is 0. The van der Waals surface area contributed by atoms with Crippen molar-refractivity contribution in [1.29, 1.82) is 0 Å². The minimum atomic E-state index is 0.873. The second-order valence-electron chi connectivity index (χ2n) is 6.68. The van der Waals surface area contributed by atoms with Gasteiger partial charge in [0.2, 0.25) is 0 Å². The Morgan fingerprint density at radius 2 is 1.18 bits per heavy atom. The number of hydrogen-bond donors (Lipinski definition) is 0. The lowest BCUT2D eigenvalue weighted by Gasteiger charge is -2.22. The number of hydrogen-bond acceptors (Lipinski definition) is 0. The van der Waals surface area contributed by atoms with E-state index in [1.165, 1.54) is 44.9 Å². The first-order chi connectivity index (χ1) is 7.99. The summed E-state index contributed by atoms with van der Waals surface area (Å²) < 4.78 is 0. The molecule has 0 saturated heterocycles. The number of rotatable bonds is 10. The fourth-order valence-electron chi connectivity index (χ4n) is 2.41. The Hall–Kier alpha value is 0. The third-order valence-electron chi connectivity index (χ3n) is 4.35. The van der Waals surface area contributed by atoms with Crippen molar-refractivity contribution in [2.45, 2.75) is 86.5 Å². The normalized spacial score (nSPS) is 17.1. The van der Waals surface area contributed by atoms with E-state index in [-0.39, 0.29) is 0 Å². The first-order valence-electron chi connectivity index (χ1n) is 7.99. The van der Waals surface area contributed by atoms with Gasteiger partial charge in [-0.25, -0.2) is 0 Å². The molecule has 0 aromatic rings. The van der Waals surface area contributed by atoms with E-state index in [9.17, 15) is 0 Å². The van der Waals surface area contributed by atoms with Crippen molar-refractivity contribution < 1.29 is 0 Å². The van der Waals surface area contributed by atoms with Crippen molar-refractivity contribution in [2.24, 2.45) is 23.7 Å². The minimum Gasteiger partial charge on any atom is -0.0651 e. The maximum atomic E-state index is 2.42. The lowest BCUT2D eigenvalue weighted by Crippen LogP contribution is -2.09. The molecule has 17 heavy (non-hydrogen) atoms. The zero-order valence-corrected chi connectivity index (χ0v) is 13.3. The quantitative estimate of drug-likeness (QED) is 0.420. The molecule has 0 saturated carbocycles. The molecule has 0 radical (unpaired) electrons. The summed E-state index contributed by atoms with van der Waals surface area (Å²) in [5, 5.41) is 0. The fraction of sp³-hybridized carbons (Fsp3) is 1.00. The molecule has 0 nitrogen and oxygen atoms in total. The maximum absolute atomic E-state index is 2.42. The predicted molar refractivity (Wildman–Crippen MR) is 80.3 cm³/mol. The Bertz CT molecular complexity index is 159. The van der Waals surface area contributed by atoms with Crippen LogP contribution < -0.4 is 0 Å². The molecule has 104 valence electrons. The van der Waals surface area contributed by atoms with Crippen LogP contribution in [0, 0.1) is 23.7 Å². The molecule has 0 rings (SSSR count). The molecule has 0 fully saturated rings. The molecule has 0 aromatic carbocycles. The highest BCUT2D eigenvalue weighted by molar-refractivity contribution is 4.66.